The minimum atomic E-state index is -4.80. The number of methoxy groups -OCH3 is 2. The number of likely N-dealkylation sites (tertiary alicyclic amines) is 1. The molecule has 0 radical (unpaired) electrons. The Balaban J connectivity index is 1.74. The molecule has 1 N–H and O–H groups in total. The van der Waals surface area contributed by atoms with Crippen molar-refractivity contribution in [3.8, 4) is 17.2 Å². The van der Waals surface area contributed by atoms with Gasteiger partial charge < -0.3 is 24.4 Å². The number of nitrogens with zero attached hydrogens (tertiary/aromatic N) is 1. The first-order valence-corrected chi connectivity index (χ1v) is 9.42. The predicted octanol–water partition coefficient (Wildman–Crippen LogP) is 4.65. The van der Waals surface area contributed by atoms with Gasteiger partial charge in [-0.05, 0) is 37.1 Å². The lowest BCUT2D eigenvalue weighted by Crippen LogP contribution is -2.39. The van der Waals surface area contributed by atoms with Crippen molar-refractivity contribution >= 4 is 6.03 Å². The molecule has 1 aliphatic rings. The molecule has 162 valence electrons. The maximum atomic E-state index is 12.8. The lowest BCUT2D eigenvalue weighted by Gasteiger charge is -2.27. The molecule has 0 saturated carbocycles. The maximum absolute atomic E-state index is 12.8. The lowest BCUT2D eigenvalue weighted by atomic mass is 10.0. The first kappa shape index (κ1) is 21.6. The van der Waals surface area contributed by atoms with Crippen molar-refractivity contribution in [2.45, 2.75) is 31.8 Å². The highest BCUT2D eigenvalue weighted by Crippen LogP contribution is 2.39. The average molecular weight is 424 g/mol. The summed E-state index contributed by atoms with van der Waals surface area (Å²) in [7, 11) is 3.12. The van der Waals surface area contributed by atoms with Crippen LogP contribution in [0.15, 0.2) is 42.5 Å². The van der Waals surface area contributed by atoms with Crippen LogP contribution in [0.2, 0.25) is 0 Å². The molecule has 1 fully saturated rings. The van der Waals surface area contributed by atoms with E-state index in [9.17, 15) is 18.0 Å². The highest BCUT2D eigenvalue weighted by Gasteiger charge is 2.33. The van der Waals surface area contributed by atoms with Crippen molar-refractivity contribution in [3.05, 3.63) is 53.6 Å². The molecular formula is C21H23F3N2O4. The summed E-state index contributed by atoms with van der Waals surface area (Å²) >= 11 is 0. The molecule has 1 saturated heterocycles. The van der Waals surface area contributed by atoms with E-state index >= 15 is 0 Å². The zero-order valence-electron chi connectivity index (χ0n) is 16.7. The fourth-order valence-electron chi connectivity index (χ4n) is 3.58. The van der Waals surface area contributed by atoms with Gasteiger partial charge in [-0.1, -0.05) is 18.2 Å². The van der Waals surface area contributed by atoms with Crippen LogP contribution < -0.4 is 19.5 Å². The normalized spacial score (nSPS) is 16.3. The monoisotopic (exact) mass is 424 g/mol. The fraction of sp³-hybridized carbons (Fsp3) is 0.381. The minimum absolute atomic E-state index is 0.0937. The van der Waals surface area contributed by atoms with Crippen molar-refractivity contribution in [2.24, 2.45) is 0 Å². The maximum Gasteiger partial charge on any atom is 0.573 e. The molecule has 0 aliphatic carbocycles. The number of rotatable bonds is 6. The van der Waals surface area contributed by atoms with Crippen molar-refractivity contribution in [1.82, 2.24) is 10.2 Å². The summed E-state index contributed by atoms with van der Waals surface area (Å²) < 4.78 is 52.6. The Hall–Kier alpha value is -3.10. The van der Waals surface area contributed by atoms with E-state index < -0.39 is 6.36 Å². The van der Waals surface area contributed by atoms with E-state index in [0.29, 0.717) is 18.0 Å². The molecule has 2 aromatic carbocycles. The van der Waals surface area contributed by atoms with Crippen LogP contribution in [-0.2, 0) is 6.54 Å². The summed E-state index contributed by atoms with van der Waals surface area (Å²) in [6.45, 7) is 0.432. The number of hydrogen-bond donors (Lipinski definition) is 1. The number of hydrogen-bond acceptors (Lipinski definition) is 4. The standard InChI is InChI=1S/C21H23F3N2O4/c1-28-15-9-10-19(29-2)16(12-15)17-7-5-11-26(17)20(27)25-13-14-6-3-4-8-18(14)30-21(22,23)24/h3-4,6,8-10,12,17H,5,7,11,13H2,1-2H3,(H,25,27). The number of alkyl halides is 3. The number of ether oxygens (including phenoxy) is 3. The third-order valence-corrected chi connectivity index (χ3v) is 4.94. The molecular weight excluding hydrogens is 401 g/mol. The molecule has 30 heavy (non-hydrogen) atoms. The summed E-state index contributed by atoms with van der Waals surface area (Å²) in [5, 5.41) is 2.70. The smallest absolute Gasteiger partial charge is 0.497 e. The molecule has 0 aromatic heterocycles. The van der Waals surface area contributed by atoms with Crippen LogP contribution in [0.3, 0.4) is 0 Å². The molecule has 1 heterocycles. The summed E-state index contributed by atoms with van der Waals surface area (Å²) in [6, 6.07) is 10.5. The molecule has 1 atom stereocenters. The quantitative estimate of drug-likeness (QED) is 0.734. The summed E-state index contributed by atoms with van der Waals surface area (Å²) in [5.74, 6) is 0.957. The Bertz CT molecular complexity index is 889. The van der Waals surface area contributed by atoms with Crippen LogP contribution in [0.5, 0.6) is 17.2 Å². The minimum Gasteiger partial charge on any atom is -0.497 e. The second kappa shape index (κ2) is 9.15. The molecule has 2 aromatic rings. The number of carbonyl (C=O) groups excluding carboxylic acids is 1. The van der Waals surface area contributed by atoms with Gasteiger partial charge in [-0.3, -0.25) is 0 Å². The van der Waals surface area contributed by atoms with Crippen molar-refractivity contribution in [3.63, 3.8) is 0 Å². The van der Waals surface area contributed by atoms with Gasteiger partial charge in [0.25, 0.3) is 0 Å². The van der Waals surface area contributed by atoms with Crippen molar-refractivity contribution < 1.29 is 32.2 Å². The van der Waals surface area contributed by atoms with Crippen LogP contribution in [0.25, 0.3) is 0 Å². The summed E-state index contributed by atoms with van der Waals surface area (Å²) in [5.41, 5.74) is 1.06. The third-order valence-electron chi connectivity index (χ3n) is 4.94. The zero-order valence-corrected chi connectivity index (χ0v) is 16.7. The van der Waals surface area contributed by atoms with Gasteiger partial charge in [0.1, 0.15) is 17.2 Å². The first-order valence-electron chi connectivity index (χ1n) is 9.42. The molecule has 0 bridgehead atoms. The van der Waals surface area contributed by atoms with E-state index in [1.54, 1.807) is 37.3 Å². The van der Waals surface area contributed by atoms with Gasteiger partial charge in [0, 0.05) is 24.2 Å². The zero-order chi connectivity index (χ0) is 21.7. The van der Waals surface area contributed by atoms with Gasteiger partial charge in [0.2, 0.25) is 0 Å². The van der Waals surface area contributed by atoms with Crippen LogP contribution in [-0.4, -0.2) is 38.1 Å². The summed E-state index contributed by atoms with van der Waals surface area (Å²) in [6.07, 6.45) is -3.26. The van der Waals surface area contributed by atoms with E-state index in [4.69, 9.17) is 9.47 Å². The Labute approximate surface area is 172 Å². The number of nitrogens with one attached hydrogen (secondary N) is 1. The largest absolute Gasteiger partial charge is 0.573 e. The Morgan fingerprint density at radius 3 is 2.60 bits per heavy atom. The number of benzene rings is 2. The topological polar surface area (TPSA) is 60.0 Å². The molecule has 9 heteroatoms. The second-order valence-corrected chi connectivity index (χ2v) is 6.77. The van der Waals surface area contributed by atoms with Crippen LogP contribution in [0, 0.1) is 0 Å². The number of amides is 2. The molecule has 6 nitrogen and oxygen atoms in total. The number of halogens is 3. The van der Waals surface area contributed by atoms with Crippen molar-refractivity contribution in [2.75, 3.05) is 20.8 Å². The van der Waals surface area contributed by atoms with Gasteiger partial charge in [0.05, 0.1) is 20.3 Å². The fourth-order valence-corrected chi connectivity index (χ4v) is 3.58. The predicted molar refractivity (Wildman–Crippen MR) is 104 cm³/mol. The Morgan fingerprint density at radius 1 is 1.13 bits per heavy atom. The average Bonchev–Trinajstić information content (AvgIpc) is 3.21. The number of urea groups is 1. The SMILES string of the molecule is COc1ccc(OC)c(C2CCCN2C(=O)NCc2ccccc2OC(F)(F)F)c1. The van der Waals surface area contributed by atoms with Gasteiger partial charge in [-0.15, -0.1) is 13.2 Å². The van der Waals surface area contributed by atoms with E-state index in [1.165, 1.54) is 18.2 Å². The molecule has 1 aliphatic heterocycles. The van der Waals surface area contributed by atoms with E-state index in [1.807, 2.05) is 6.07 Å². The van der Waals surface area contributed by atoms with E-state index in [-0.39, 0.29) is 29.9 Å². The molecule has 3 rings (SSSR count). The molecule has 1 unspecified atom stereocenters. The van der Waals surface area contributed by atoms with E-state index in [2.05, 4.69) is 10.1 Å². The Kier molecular flexibility index (Phi) is 6.59. The summed E-state index contributed by atoms with van der Waals surface area (Å²) in [4.78, 5) is 14.5. The van der Waals surface area contributed by atoms with Gasteiger partial charge in [-0.25, -0.2) is 4.79 Å². The second-order valence-electron chi connectivity index (χ2n) is 6.77. The van der Waals surface area contributed by atoms with E-state index in [0.717, 1.165) is 18.4 Å². The van der Waals surface area contributed by atoms with Crippen LogP contribution in [0.4, 0.5) is 18.0 Å². The number of para-hydroxylation sites is 1. The van der Waals surface area contributed by atoms with Crippen LogP contribution >= 0.6 is 0 Å². The Morgan fingerprint density at radius 2 is 1.90 bits per heavy atom. The molecule has 2 amide bonds. The molecule has 0 spiro atoms. The van der Waals surface area contributed by atoms with Gasteiger partial charge in [-0.2, -0.15) is 0 Å². The first-order chi connectivity index (χ1) is 14.3. The van der Waals surface area contributed by atoms with Crippen LogP contribution in [0.1, 0.15) is 30.0 Å². The highest BCUT2D eigenvalue weighted by molar-refractivity contribution is 5.75. The third kappa shape index (κ3) is 5.08. The van der Waals surface area contributed by atoms with Gasteiger partial charge in [0.15, 0.2) is 0 Å². The number of carbonyl (C=O) groups is 1. The highest BCUT2D eigenvalue weighted by atomic mass is 19.4. The van der Waals surface area contributed by atoms with Crippen molar-refractivity contribution in [1.29, 1.82) is 0 Å². The van der Waals surface area contributed by atoms with Gasteiger partial charge >= 0.3 is 12.4 Å². The lowest BCUT2D eigenvalue weighted by molar-refractivity contribution is -0.274.